The summed E-state index contributed by atoms with van der Waals surface area (Å²) in [5.41, 5.74) is 0.783. The summed E-state index contributed by atoms with van der Waals surface area (Å²) in [5.74, 6) is 0.261. The third kappa shape index (κ3) is 3.50. The van der Waals surface area contributed by atoms with Crippen molar-refractivity contribution in [2.24, 2.45) is 5.92 Å². The number of methoxy groups -OCH3 is 1. The highest BCUT2D eigenvalue weighted by molar-refractivity contribution is 7.09. The molecule has 0 bridgehead atoms. The van der Waals surface area contributed by atoms with Crippen LogP contribution in [0.15, 0.2) is 35.8 Å². The fraction of sp³-hybridized carbons (Fsp3) is 0.312. The standard InChI is InChI=1S/C16H17N3O3S/c1-22-13-4-2-12(3-5-13)19-10-11(8-15(19)20)16(21)18-9-14-17-6-7-23-14/h2-7,11H,8-10H2,1H3,(H,18,21). The smallest absolute Gasteiger partial charge is 0.227 e. The van der Waals surface area contributed by atoms with Crippen molar-refractivity contribution in [3.05, 3.63) is 40.8 Å². The molecule has 2 amide bonds. The average molecular weight is 331 g/mol. The monoisotopic (exact) mass is 331 g/mol. The first-order valence-corrected chi connectivity index (χ1v) is 8.16. The SMILES string of the molecule is COc1ccc(N2CC(C(=O)NCc3nccs3)CC2=O)cc1. The normalized spacial score (nSPS) is 17.3. The fourth-order valence-corrected chi connectivity index (χ4v) is 3.10. The maximum atomic E-state index is 12.2. The van der Waals surface area contributed by atoms with Crippen LogP contribution in [-0.4, -0.2) is 30.5 Å². The molecule has 1 aromatic carbocycles. The van der Waals surface area contributed by atoms with Crippen molar-refractivity contribution in [3.8, 4) is 5.75 Å². The highest BCUT2D eigenvalue weighted by Gasteiger charge is 2.35. The summed E-state index contributed by atoms with van der Waals surface area (Å²) in [6.07, 6.45) is 1.94. The zero-order valence-corrected chi connectivity index (χ0v) is 13.5. The van der Waals surface area contributed by atoms with Gasteiger partial charge in [-0.25, -0.2) is 4.98 Å². The second-order valence-electron chi connectivity index (χ2n) is 5.25. The van der Waals surface area contributed by atoms with Crippen molar-refractivity contribution < 1.29 is 14.3 Å². The largest absolute Gasteiger partial charge is 0.497 e. The molecule has 0 radical (unpaired) electrons. The number of rotatable bonds is 5. The summed E-state index contributed by atoms with van der Waals surface area (Å²) in [6.45, 7) is 0.804. The quantitative estimate of drug-likeness (QED) is 0.907. The van der Waals surface area contributed by atoms with E-state index in [1.807, 2.05) is 17.5 Å². The van der Waals surface area contributed by atoms with E-state index in [9.17, 15) is 9.59 Å². The van der Waals surface area contributed by atoms with Crippen molar-refractivity contribution in [1.29, 1.82) is 0 Å². The number of amides is 2. The number of nitrogens with one attached hydrogen (secondary N) is 1. The number of carbonyl (C=O) groups excluding carboxylic acids is 2. The van der Waals surface area contributed by atoms with Gasteiger partial charge in [-0.05, 0) is 24.3 Å². The molecule has 1 saturated heterocycles. The second-order valence-corrected chi connectivity index (χ2v) is 6.23. The zero-order valence-electron chi connectivity index (χ0n) is 12.7. The molecule has 6 nitrogen and oxygen atoms in total. The van der Waals surface area contributed by atoms with Gasteiger partial charge in [0.05, 0.1) is 19.6 Å². The lowest BCUT2D eigenvalue weighted by Crippen LogP contribution is -2.32. The molecule has 120 valence electrons. The molecule has 3 rings (SSSR count). The molecule has 0 spiro atoms. The molecule has 1 atom stereocenters. The maximum absolute atomic E-state index is 12.2. The van der Waals surface area contributed by atoms with E-state index in [1.165, 1.54) is 11.3 Å². The molecule has 1 aliphatic heterocycles. The number of benzene rings is 1. The van der Waals surface area contributed by atoms with E-state index in [2.05, 4.69) is 10.3 Å². The van der Waals surface area contributed by atoms with Gasteiger partial charge < -0.3 is 15.0 Å². The number of hydrogen-bond acceptors (Lipinski definition) is 5. The summed E-state index contributed by atoms with van der Waals surface area (Å²) in [6, 6.07) is 7.26. The van der Waals surface area contributed by atoms with Crippen LogP contribution in [-0.2, 0) is 16.1 Å². The summed E-state index contributed by atoms with van der Waals surface area (Å²) < 4.78 is 5.11. The topological polar surface area (TPSA) is 71.5 Å². The number of thiazole rings is 1. The van der Waals surface area contributed by atoms with E-state index in [0.29, 0.717) is 13.1 Å². The molecular weight excluding hydrogens is 314 g/mol. The Balaban J connectivity index is 1.60. The molecule has 1 unspecified atom stereocenters. The minimum atomic E-state index is -0.329. The van der Waals surface area contributed by atoms with Crippen molar-refractivity contribution in [2.75, 3.05) is 18.6 Å². The Morgan fingerprint density at radius 2 is 2.22 bits per heavy atom. The highest BCUT2D eigenvalue weighted by Crippen LogP contribution is 2.27. The van der Waals surface area contributed by atoms with E-state index in [0.717, 1.165) is 16.4 Å². The number of aromatic nitrogens is 1. The Kier molecular flexibility index (Phi) is 4.57. The van der Waals surface area contributed by atoms with Crippen molar-refractivity contribution in [3.63, 3.8) is 0 Å². The van der Waals surface area contributed by atoms with Gasteiger partial charge in [0.15, 0.2) is 0 Å². The third-order valence-corrected chi connectivity index (χ3v) is 4.56. The molecule has 1 aromatic heterocycles. The summed E-state index contributed by atoms with van der Waals surface area (Å²) >= 11 is 1.49. The Morgan fingerprint density at radius 3 is 2.87 bits per heavy atom. The Labute approximate surface area is 138 Å². The van der Waals surface area contributed by atoms with Crippen LogP contribution >= 0.6 is 11.3 Å². The molecule has 1 N–H and O–H groups in total. The fourth-order valence-electron chi connectivity index (χ4n) is 2.54. The van der Waals surface area contributed by atoms with Crippen LogP contribution < -0.4 is 15.0 Å². The molecule has 7 heteroatoms. The molecule has 1 aliphatic rings. The predicted molar refractivity (Wildman–Crippen MR) is 87.4 cm³/mol. The van der Waals surface area contributed by atoms with Crippen LogP contribution in [0.3, 0.4) is 0 Å². The maximum Gasteiger partial charge on any atom is 0.227 e. The van der Waals surface area contributed by atoms with Gasteiger partial charge in [-0.1, -0.05) is 0 Å². The Hall–Kier alpha value is -2.41. The Morgan fingerprint density at radius 1 is 1.43 bits per heavy atom. The molecular formula is C16H17N3O3S. The van der Waals surface area contributed by atoms with Gasteiger partial charge in [-0.3, -0.25) is 9.59 Å². The third-order valence-electron chi connectivity index (χ3n) is 3.78. The predicted octanol–water partition coefficient (Wildman–Crippen LogP) is 1.82. The molecule has 2 heterocycles. The second kappa shape index (κ2) is 6.78. The van der Waals surface area contributed by atoms with Gasteiger partial charge in [0.25, 0.3) is 0 Å². The number of anilines is 1. The lowest BCUT2D eigenvalue weighted by Gasteiger charge is -2.17. The minimum absolute atomic E-state index is 0.0374. The van der Waals surface area contributed by atoms with Gasteiger partial charge in [0.2, 0.25) is 11.8 Å². The number of ether oxygens (including phenoxy) is 1. The summed E-state index contributed by atoms with van der Waals surface area (Å²) in [5, 5.41) is 5.57. The molecule has 1 fully saturated rings. The number of carbonyl (C=O) groups is 2. The average Bonchev–Trinajstić information content (AvgIpc) is 3.22. The van der Waals surface area contributed by atoms with Crippen LogP contribution in [0.4, 0.5) is 5.69 Å². The van der Waals surface area contributed by atoms with Gasteiger partial charge in [-0.2, -0.15) is 0 Å². The highest BCUT2D eigenvalue weighted by atomic mass is 32.1. The van der Waals surface area contributed by atoms with E-state index in [4.69, 9.17) is 4.74 Å². The first-order chi connectivity index (χ1) is 11.2. The summed E-state index contributed by atoms with van der Waals surface area (Å²) in [7, 11) is 1.60. The van der Waals surface area contributed by atoms with E-state index < -0.39 is 0 Å². The van der Waals surface area contributed by atoms with E-state index in [1.54, 1.807) is 30.3 Å². The Bertz CT molecular complexity index is 685. The molecule has 2 aromatic rings. The van der Waals surface area contributed by atoms with Gasteiger partial charge in [-0.15, -0.1) is 11.3 Å². The van der Waals surface area contributed by atoms with Gasteiger partial charge in [0.1, 0.15) is 10.8 Å². The van der Waals surface area contributed by atoms with Gasteiger partial charge in [0, 0.05) is 30.2 Å². The molecule has 0 saturated carbocycles. The number of hydrogen-bond donors (Lipinski definition) is 1. The molecule has 0 aliphatic carbocycles. The molecule has 23 heavy (non-hydrogen) atoms. The van der Waals surface area contributed by atoms with Crippen molar-refractivity contribution in [1.82, 2.24) is 10.3 Å². The zero-order chi connectivity index (χ0) is 16.2. The number of nitrogens with zero attached hydrogens (tertiary/aromatic N) is 2. The van der Waals surface area contributed by atoms with Crippen LogP contribution in [0, 0.1) is 5.92 Å². The minimum Gasteiger partial charge on any atom is -0.497 e. The first kappa shape index (κ1) is 15.5. The lowest BCUT2D eigenvalue weighted by molar-refractivity contribution is -0.126. The van der Waals surface area contributed by atoms with Crippen LogP contribution in [0.2, 0.25) is 0 Å². The van der Waals surface area contributed by atoms with E-state index in [-0.39, 0.29) is 24.2 Å². The summed E-state index contributed by atoms with van der Waals surface area (Å²) in [4.78, 5) is 30.2. The van der Waals surface area contributed by atoms with Crippen LogP contribution in [0.1, 0.15) is 11.4 Å². The van der Waals surface area contributed by atoms with Crippen molar-refractivity contribution in [2.45, 2.75) is 13.0 Å². The van der Waals surface area contributed by atoms with Crippen LogP contribution in [0.25, 0.3) is 0 Å². The van der Waals surface area contributed by atoms with Gasteiger partial charge >= 0.3 is 0 Å². The lowest BCUT2D eigenvalue weighted by atomic mass is 10.1. The van der Waals surface area contributed by atoms with Crippen molar-refractivity contribution >= 4 is 28.8 Å². The van der Waals surface area contributed by atoms with E-state index >= 15 is 0 Å². The first-order valence-electron chi connectivity index (χ1n) is 7.28. The van der Waals surface area contributed by atoms with Crippen LogP contribution in [0.5, 0.6) is 5.75 Å².